The highest BCUT2D eigenvalue weighted by Gasteiger charge is 2.33. The fourth-order valence-corrected chi connectivity index (χ4v) is 2.55. The van der Waals surface area contributed by atoms with Crippen LogP contribution in [-0.2, 0) is 4.74 Å². The number of nitrogens with one attached hydrogen (secondary N) is 1. The molecule has 1 fully saturated rings. The van der Waals surface area contributed by atoms with Crippen LogP contribution in [0.4, 0.5) is 0 Å². The van der Waals surface area contributed by atoms with Gasteiger partial charge in [-0.15, -0.1) is 0 Å². The Labute approximate surface area is 107 Å². The molecule has 0 saturated heterocycles. The monoisotopic (exact) mass is 242 g/mol. The zero-order valence-corrected chi connectivity index (χ0v) is 12.3. The summed E-state index contributed by atoms with van der Waals surface area (Å²) in [6.07, 6.45) is 2.82. The Balaban J connectivity index is 2.49. The van der Waals surface area contributed by atoms with Gasteiger partial charge in [0.15, 0.2) is 0 Å². The Morgan fingerprint density at radius 2 is 2.06 bits per heavy atom. The lowest BCUT2D eigenvalue weighted by Crippen LogP contribution is -2.52. The first-order chi connectivity index (χ1) is 8.00. The zero-order chi connectivity index (χ0) is 12.9. The molecule has 1 unspecified atom stereocenters. The van der Waals surface area contributed by atoms with Gasteiger partial charge in [0.25, 0.3) is 0 Å². The largest absolute Gasteiger partial charge is 0.383 e. The van der Waals surface area contributed by atoms with Gasteiger partial charge in [-0.1, -0.05) is 6.92 Å². The third kappa shape index (κ3) is 5.36. The highest BCUT2D eigenvalue weighted by molar-refractivity contribution is 4.89. The van der Waals surface area contributed by atoms with E-state index >= 15 is 0 Å². The molecule has 1 aliphatic rings. The summed E-state index contributed by atoms with van der Waals surface area (Å²) in [5.74, 6) is 0.921. The van der Waals surface area contributed by atoms with Crippen LogP contribution in [0.25, 0.3) is 0 Å². The smallest absolute Gasteiger partial charge is 0.0589 e. The highest BCUT2D eigenvalue weighted by Crippen LogP contribution is 2.35. The molecule has 3 heteroatoms. The lowest BCUT2D eigenvalue weighted by atomic mass is 10.0. The van der Waals surface area contributed by atoms with E-state index in [-0.39, 0.29) is 5.54 Å². The molecule has 1 saturated carbocycles. The third-order valence-electron chi connectivity index (χ3n) is 3.72. The van der Waals surface area contributed by atoms with Gasteiger partial charge in [-0.3, -0.25) is 4.90 Å². The zero-order valence-electron chi connectivity index (χ0n) is 12.3. The van der Waals surface area contributed by atoms with Crippen molar-refractivity contribution in [3.8, 4) is 0 Å². The second-order valence-corrected chi connectivity index (χ2v) is 5.96. The Bertz CT molecular complexity index is 214. The first kappa shape index (κ1) is 14.9. The molecular weight excluding hydrogens is 212 g/mol. The average Bonchev–Trinajstić information content (AvgIpc) is 3.06. The van der Waals surface area contributed by atoms with Crippen LogP contribution in [0.3, 0.4) is 0 Å². The average molecular weight is 242 g/mol. The summed E-state index contributed by atoms with van der Waals surface area (Å²) in [6, 6.07) is 0.697. The molecule has 1 atom stereocenters. The second kappa shape index (κ2) is 6.72. The summed E-state index contributed by atoms with van der Waals surface area (Å²) in [7, 11) is 1.79. The van der Waals surface area contributed by atoms with Crippen LogP contribution in [0.15, 0.2) is 0 Å². The van der Waals surface area contributed by atoms with E-state index in [9.17, 15) is 0 Å². The van der Waals surface area contributed by atoms with Gasteiger partial charge in [0, 0.05) is 31.8 Å². The molecule has 0 aromatic heterocycles. The minimum atomic E-state index is 0.186. The fraction of sp³-hybridized carbons (Fsp3) is 1.00. The quantitative estimate of drug-likeness (QED) is 0.670. The Hall–Kier alpha value is -0.120. The lowest BCUT2D eigenvalue weighted by Gasteiger charge is -2.37. The summed E-state index contributed by atoms with van der Waals surface area (Å²) >= 11 is 0. The van der Waals surface area contributed by atoms with Crippen molar-refractivity contribution in [3.05, 3.63) is 0 Å². The van der Waals surface area contributed by atoms with Crippen molar-refractivity contribution < 1.29 is 4.74 Å². The molecule has 0 amide bonds. The SMILES string of the molecule is CCNC(C)(C)CN(CCOC)C(C)C1CC1. The van der Waals surface area contributed by atoms with Crippen LogP contribution in [0, 0.1) is 5.92 Å². The molecule has 0 heterocycles. The number of nitrogens with zero attached hydrogens (tertiary/aromatic N) is 1. The summed E-state index contributed by atoms with van der Waals surface area (Å²) in [6.45, 7) is 13.1. The molecular formula is C14H30N2O. The van der Waals surface area contributed by atoms with E-state index in [2.05, 4.69) is 37.9 Å². The van der Waals surface area contributed by atoms with E-state index in [0.717, 1.165) is 32.2 Å². The van der Waals surface area contributed by atoms with Crippen LogP contribution in [-0.4, -0.2) is 49.8 Å². The maximum Gasteiger partial charge on any atom is 0.0589 e. The molecule has 0 spiro atoms. The van der Waals surface area contributed by atoms with E-state index in [0.29, 0.717) is 6.04 Å². The molecule has 3 nitrogen and oxygen atoms in total. The van der Waals surface area contributed by atoms with Crippen LogP contribution < -0.4 is 5.32 Å². The van der Waals surface area contributed by atoms with Crippen LogP contribution in [0.5, 0.6) is 0 Å². The molecule has 0 aromatic carbocycles. The van der Waals surface area contributed by atoms with Crippen molar-refractivity contribution in [2.24, 2.45) is 5.92 Å². The Morgan fingerprint density at radius 1 is 1.41 bits per heavy atom. The molecule has 0 bridgehead atoms. The maximum atomic E-state index is 5.24. The predicted octanol–water partition coefficient (Wildman–Crippen LogP) is 2.12. The first-order valence-corrected chi connectivity index (χ1v) is 6.98. The number of hydrogen-bond acceptors (Lipinski definition) is 3. The third-order valence-corrected chi connectivity index (χ3v) is 3.72. The summed E-state index contributed by atoms with van der Waals surface area (Å²) in [4.78, 5) is 2.59. The predicted molar refractivity (Wildman–Crippen MR) is 73.4 cm³/mol. The van der Waals surface area contributed by atoms with Crippen molar-refractivity contribution in [2.45, 2.75) is 52.1 Å². The maximum absolute atomic E-state index is 5.24. The molecule has 1 rings (SSSR count). The molecule has 0 aliphatic heterocycles. The molecule has 0 aromatic rings. The number of ether oxygens (including phenoxy) is 1. The number of rotatable bonds is 9. The minimum absolute atomic E-state index is 0.186. The Kier molecular flexibility index (Phi) is 5.90. The van der Waals surface area contributed by atoms with Crippen molar-refractivity contribution in [3.63, 3.8) is 0 Å². The van der Waals surface area contributed by atoms with Gasteiger partial charge in [-0.25, -0.2) is 0 Å². The molecule has 1 N–H and O–H groups in total. The van der Waals surface area contributed by atoms with Gasteiger partial charge in [-0.2, -0.15) is 0 Å². The second-order valence-electron chi connectivity index (χ2n) is 5.96. The van der Waals surface area contributed by atoms with Gasteiger partial charge < -0.3 is 10.1 Å². The van der Waals surface area contributed by atoms with E-state index in [4.69, 9.17) is 4.74 Å². The minimum Gasteiger partial charge on any atom is -0.383 e. The van der Waals surface area contributed by atoms with Gasteiger partial charge in [0.1, 0.15) is 0 Å². The van der Waals surface area contributed by atoms with Crippen molar-refractivity contribution in [2.75, 3.05) is 33.4 Å². The van der Waals surface area contributed by atoms with E-state index in [1.807, 2.05) is 0 Å². The topological polar surface area (TPSA) is 24.5 Å². The van der Waals surface area contributed by atoms with Crippen molar-refractivity contribution >= 4 is 0 Å². The van der Waals surface area contributed by atoms with E-state index in [1.165, 1.54) is 12.8 Å². The standard InChI is InChI=1S/C14H30N2O/c1-6-15-14(3,4)11-16(9-10-17-5)12(2)13-7-8-13/h12-13,15H,6-11H2,1-5H3. The van der Waals surface area contributed by atoms with Crippen LogP contribution >= 0.6 is 0 Å². The summed E-state index contributed by atoms with van der Waals surface area (Å²) < 4.78 is 5.24. The summed E-state index contributed by atoms with van der Waals surface area (Å²) in [5, 5.41) is 3.56. The molecule has 17 heavy (non-hydrogen) atoms. The van der Waals surface area contributed by atoms with E-state index in [1.54, 1.807) is 7.11 Å². The highest BCUT2D eigenvalue weighted by atomic mass is 16.5. The first-order valence-electron chi connectivity index (χ1n) is 6.98. The van der Waals surface area contributed by atoms with Gasteiger partial charge in [0.05, 0.1) is 6.61 Å². The number of methoxy groups -OCH3 is 1. The number of likely N-dealkylation sites (N-methyl/N-ethyl adjacent to an activating group) is 1. The fourth-order valence-electron chi connectivity index (χ4n) is 2.55. The molecule has 1 aliphatic carbocycles. The van der Waals surface area contributed by atoms with Crippen molar-refractivity contribution in [1.29, 1.82) is 0 Å². The van der Waals surface area contributed by atoms with Gasteiger partial charge in [0.2, 0.25) is 0 Å². The lowest BCUT2D eigenvalue weighted by molar-refractivity contribution is 0.0948. The molecule has 102 valence electrons. The number of hydrogen-bond donors (Lipinski definition) is 1. The van der Waals surface area contributed by atoms with E-state index < -0.39 is 0 Å². The van der Waals surface area contributed by atoms with Crippen molar-refractivity contribution in [1.82, 2.24) is 10.2 Å². The van der Waals surface area contributed by atoms with Crippen LogP contribution in [0.1, 0.15) is 40.5 Å². The van der Waals surface area contributed by atoms with Gasteiger partial charge in [-0.05, 0) is 46.1 Å². The molecule has 0 radical (unpaired) electrons. The van der Waals surface area contributed by atoms with Gasteiger partial charge >= 0.3 is 0 Å². The summed E-state index contributed by atoms with van der Waals surface area (Å²) in [5.41, 5.74) is 0.186. The van der Waals surface area contributed by atoms with Crippen LogP contribution in [0.2, 0.25) is 0 Å². The normalized spacial score (nSPS) is 18.7. The Morgan fingerprint density at radius 3 is 2.53 bits per heavy atom.